The van der Waals surface area contributed by atoms with Crippen LogP contribution < -0.4 is 19.5 Å². The van der Waals surface area contributed by atoms with Gasteiger partial charge in [-0.2, -0.15) is 0 Å². The van der Waals surface area contributed by atoms with Gasteiger partial charge in [0.1, 0.15) is 13.1 Å². The van der Waals surface area contributed by atoms with Crippen molar-refractivity contribution in [2.24, 2.45) is 0 Å². The topological polar surface area (TPSA) is 60.1 Å². The highest BCUT2D eigenvalue weighted by molar-refractivity contribution is 5.82. The Labute approximate surface area is 141 Å². The predicted molar refractivity (Wildman–Crippen MR) is 93.7 cm³/mol. The smallest absolute Gasteiger partial charge is 0.203 e. The van der Waals surface area contributed by atoms with Crippen LogP contribution in [0.1, 0.15) is 11.1 Å². The van der Waals surface area contributed by atoms with Crippen molar-refractivity contribution in [1.82, 2.24) is 4.98 Å². The molecule has 0 unspecified atom stereocenters. The number of quaternary nitrogens is 1. The molecule has 0 aliphatic rings. The van der Waals surface area contributed by atoms with Gasteiger partial charge in [0.25, 0.3) is 0 Å². The maximum absolute atomic E-state index is 5.41. The van der Waals surface area contributed by atoms with Crippen molar-refractivity contribution in [2.75, 3.05) is 21.3 Å². The van der Waals surface area contributed by atoms with Gasteiger partial charge >= 0.3 is 0 Å². The van der Waals surface area contributed by atoms with Crippen molar-refractivity contribution >= 4 is 10.9 Å². The van der Waals surface area contributed by atoms with Crippen LogP contribution in [-0.2, 0) is 13.1 Å². The second kappa shape index (κ2) is 7.27. The highest BCUT2D eigenvalue weighted by Gasteiger charge is 2.14. The molecule has 0 aliphatic heterocycles. The molecule has 0 spiro atoms. The minimum Gasteiger partial charge on any atom is -0.493 e. The van der Waals surface area contributed by atoms with Crippen LogP contribution in [0.3, 0.4) is 0 Å². The van der Waals surface area contributed by atoms with E-state index in [0.29, 0.717) is 17.2 Å². The van der Waals surface area contributed by atoms with E-state index < -0.39 is 0 Å². The Morgan fingerprint density at radius 2 is 1.62 bits per heavy atom. The number of methoxy groups -OCH3 is 3. The molecular formula is C19H23N2O3+. The molecule has 0 fully saturated rings. The van der Waals surface area contributed by atoms with E-state index in [0.717, 1.165) is 18.7 Å². The highest BCUT2D eigenvalue weighted by Crippen LogP contribution is 2.37. The highest BCUT2D eigenvalue weighted by atomic mass is 16.5. The van der Waals surface area contributed by atoms with Gasteiger partial charge in [0.05, 0.1) is 21.3 Å². The minimum atomic E-state index is 0.625. The first-order valence-corrected chi connectivity index (χ1v) is 7.92. The first-order valence-electron chi connectivity index (χ1n) is 7.92. The van der Waals surface area contributed by atoms with Gasteiger partial charge < -0.3 is 24.5 Å². The lowest BCUT2D eigenvalue weighted by Crippen LogP contribution is -2.80. The molecule has 3 N–H and O–H groups in total. The number of aromatic amines is 1. The molecule has 24 heavy (non-hydrogen) atoms. The van der Waals surface area contributed by atoms with Gasteiger partial charge in [-0.1, -0.05) is 18.2 Å². The van der Waals surface area contributed by atoms with Crippen LogP contribution in [0, 0.1) is 0 Å². The Kier molecular flexibility index (Phi) is 4.91. The molecule has 0 amide bonds. The number of para-hydroxylation sites is 1. The summed E-state index contributed by atoms with van der Waals surface area (Å²) in [6.07, 6.45) is 2.08. The number of benzene rings is 2. The van der Waals surface area contributed by atoms with E-state index in [1.165, 1.54) is 16.5 Å². The van der Waals surface area contributed by atoms with Gasteiger partial charge in [0.15, 0.2) is 11.5 Å². The van der Waals surface area contributed by atoms with E-state index in [-0.39, 0.29) is 0 Å². The Hall–Kier alpha value is -2.66. The number of nitrogens with two attached hydrogens (primary N) is 1. The third-order valence-corrected chi connectivity index (χ3v) is 4.14. The van der Waals surface area contributed by atoms with Crippen LogP contribution in [0.2, 0.25) is 0 Å². The lowest BCUT2D eigenvalue weighted by molar-refractivity contribution is -0.686. The summed E-state index contributed by atoms with van der Waals surface area (Å²) in [6.45, 7) is 1.73. The van der Waals surface area contributed by atoms with Crippen LogP contribution in [-0.4, -0.2) is 26.3 Å². The summed E-state index contributed by atoms with van der Waals surface area (Å²) in [4.78, 5) is 3.31. The van der Waals surface area contributed by atoms with E-state index in [1.807, 2.05) is 18.2 Å². The lowest BCUT2D eigenvalue weighted by Gasteiger charge is -2.13. The van der Waals surface area contributed by atoms with Gasteiger partial charge in [0.2, 0.25) is 5.75 Å². The molecule has 5 heteroatoms. The number of hydrogen-bond donors (Lipinski definition) is 2. The standard InChI is InChI=1S/C19H22N2O3/c1-22-17-8-13(9-18(23-2)19(17)24-3)10-20-11-14-12-21-16-7-5-4-6-15(14)16/h4-9,12,20-21H,10-11H2,1-3H3/p+1. The lowest BCUT2D eigenvalue weighted by atomic mass is 10.1. The van der Waals surface area contributed by atoms with Gasteiger partial charge in [-0.25, -0.2) is 0 Å². The maximum atomic E-state index is 5.41. The fraction of sp³-hybridized carbons (Fsp3) is 0.263. The molecule has 0 atom stereocenters. The van der Waals surface area contributed by atoms with Crippen molar-refractivity contribution in [3.05, 3.63) is 53.7 Å². The molecule has 0 aliphatic carbocycles. The molecule has 126 valence electrons. The van der Waals surface area contributed by atoms with Crippen molar-refractivity contribution < 1.29 is 19.5 Å². The monoisotopic (exact) mass is 327 g/mol. The molecule has 0 saturated carbocycles. The fourth-order valence-corrected chi connectivity index (χ4v) is 2.95. The summed E-state index contributed by atoms with van der Waals surface area (Å²) in [5, 5.41) is 3.54. The largest absolute Gasteiger partial charge is 0.493 e. The van der Waals surface area contributed by atoms with Crippen LogP contribution in [0.4, 0.5) is 0 Å². The Morgan fingerprint density at radius 1 is 0.917 bits per heavy atom. The van der Waals surface area contributed by atoms with Crippen LogP contribution in [0.15, 0.2) is 42.6 Å². The summed E-state index contributed by atoms with van der Waals surface area (Å²) in [5.41, 5.74) is 3.61. The van der Waals surface area contributed by atoms with E-state index in [2.05, 4.69) is 34.7 Å². The quantitative estimate of drug-likeness (QED) is 0.701. The number of H-pyrrole nitrogens is 1. The Bertz CT molecular complexity index is 801. The molecule has 3 rings (SSSR count). The van der Waals surface area contributed by atoms with E-state index in [9.17, 15) is 0 Å². The number of rotatable bonds is 7. The molecule has 1 heterocycles. The fourth-order valence-electron chi connectivity index (χ4n) is 2.95. The normalized spacial score (nSPS) is 10.8. The average Bonchev–Trinajstić information content (AvgIpc) is 3.04. The molecule has 2 aromatic carbocycles. The summed E-state index contributed by atoms with van der Waals surface area (Å²) < 4.78 is 16.2. The number of nitrogens with one attached hydrogen (secondary N) is 1. The Morgan fingerprint density at radius 3 is 2.29 bits per heavy atom. The third-order valence-electron chi connectivity index (χ3n) is 4.14. The summed E-state index contributed by atoms with van der Waals surface area (Å²) in [7, 11) is 4.89. The number of ether oxygens (including phenoxy) is 3. The van der Waals surface area contributed by atoms with E-state index in [1.54, 1.807) is 21.3 Å². The first-order chi connectivity index (χ1) is 11.8. The number of hydrogen-bond acceptors (Lipinski definition) is 3. The van der Waals surface area contributed by atoms with Gasteiger partial charge in [-0.3, -0.25) is 0 Å². The van der Waals surface area contributed by atoms with Gasteiger partial charge in [0, 0.05) is 28.2 Å². The van der Waals surface area contributed by atoms with Crippen LogP contribution in [0.5, 0.6) is 17.2 Å². The number of aromatic nitrogens is 1. The van der Waals surface area contributed by atoms with Crippen LogP contribution in [0.25, 0.3) is 10.9 Å². The maximum Gasteiger partial charge on any atom is 0.203 e. The molecule has 0 bridgehead atoms. The minimum absolute atomic E-state index is 0.625. The molecule has 5 nitrogen and oxygen atoms in total. The third kappa shape index (κ3) is 3.16. The second-order valence-corrected chi connectivity index (χ2v) is 5.59. The summed E-state index contributed by atoms with van der Waals surface area (Å²) in [5.74, 6) is 2.00. The Balaban J connectivity index is 1.72. The zero-order chi connectivity index (χ0) is 16.9. The van der Waals surface area contributed by atoms with E-state index in [4.69, 9.17) is 14.2 Å². The van der Waals surface area contributed by atoms with Crippen molar-refractivity contribution in [2.45, 2.75) is 13.1 Å². The van der Waals surface area contributed by atoms with Gasteiger partial charge in [-0.05, 0) is 18.2 Å². The molecule has 0 radical (unpaired) electrons. The predicted octanol–water partition coefficient (Wildman–Crippen LogP) is 2.46. The second-order valence-electron chi connectivity index (χ2n) is 5.59. The SMILES string of the molecule is COc1cc(C[NH2+]Cc2c[nH]c3ccccc23)cc(OC)c1OC. The van der Waals surface area contributed by atoms with Crippen molar-refractivity contribution in [3.63, 3.8) is 0 Å². The summed E-state index contributed by atoms with van der Waals surface area (Å²) in [6, 6.07) is 12.3. The average molecular weight is 327 g/mol. The number of fused-ring (bicyclic) bond motifs is 1. The molecule has 1 aromatic heterocycles. The first kappa shape index (κ1) is 16.2. The zero-order valence-corrected chi connectivity index (χ0v) is 14.3. The van der Waals surface area contributed by atoms with Crippen molar-refractivity contribution in [1.29, 1.82) is 0 Å². The molecular weight excluding hydrogens is 304 g/mol. The van der Waals surface area contributed by atoms with Crippen LogP contribution >= 0.6 is 0 Å². The molecule has 0 saturated heterocycles. The van der Waals surface area contributed by atoms with Crippen molar-refractivity contribution in [3.8, 4) is 17.2 Å². The summed E-state index contributed by atoms with van der Waals surface area (Å²) >= 11 is 0. The zero-order valence-electron chi connectivity index (χ0n) is 14.3. The molecule has 3 aromatic rings. The van der Waals surface area contributed by atoms with E-state index >= 15 is 0 Å². The van der Waals surface area contributed by atoms with Gasteiger partial charge in [-0.15, -0.1) is 0 Å².